The molecule has 7 aromatic heterocycles. The van der Waals surface area contributed by atoms with Gasteiger partial charge in [0.05, 0.1) is 11.0 Å². The number of anilines is 1. The van der Waals surface area contributed by atoms with Crippen LogP contribution in [0.2, 0.25) is 0 Å². The molecule has 7 heterocycles. The highest BCUT2D eigenvalue weighted by molar-refractivity contribution is 9.11. The number of aromatic nitrogens is 7. The van der Waals surface area contributed by atoms with Gasteiger partial charge in [0.15, 0.2) is 10.9 Å². The topological polar surface area (TPSA) is 142 Å². The number of halogens is 4. The number of Topliss-reactive ketones (excluding diaryl/α,β-unsaturated/α-hetero) is 1. The summed E-state index contributed by atoms with van der Waals surface area (Å²) in [6, 6.07) is 7.92. The average molecular weight is 810 g/mol. The van der Waals surface area contributed by atoms with Gasteiger partial charge in [-0.1, -0.05) is 15.9 Å². The Hall–Kier alpha value is -2.91. The molecule has 0 fully saturated rings. The molecule has 5 N–H and O–H groups in total. The van der Waals surface area contributed by atoms with Crippen LogP contribution in [-0.2, 0) is 0 Å². The minimum absolute atomic E-state index is 0.0520. The highest BCUT2D eigenvalue weighted by atomic mass is 79.9. The van der Waals surface area contributed by atoms with Gasteiger partial charge in [-0.2, -0.15) is 0 Å². The maximum atomic E-state index is 11.5. The van der Waals surface area contributed by atoms with Crippen molar-refractivity contribution >= 4 is 119 Å². The number of nitrogen functional groups attached to an aromatic ring is 1. The molecule has 0 bridgehead atoms. The summed E-state index contributed by atoms with van der Waals surface area (Å²) in [6.07, 6.45) is 10.7. The van der Waals surface area contributed by atoms with E-state index in [-0.39, 0.29) is 5.78 Å². The summed E-state index contributed by atoms with van der Waals surface area (Å²) >= 11 is 14.7. The van der Waals surface area contributed by atoms with Crippen LogP contribution >= 0.6 is 75.1 Å². The third-order valence-electron chi connectivity index (χ3n) is 5.58. The molecule has 202 valence electrons. The van der Waals surface area contributed by atoms with E-state index in [4.69, 9.17) is 5.73 Å². The fourth-order valence-corrected chi connectivity index (χ4v) is 5.67. The number of thiazole rings is 1. The Morgan fingerprint density at radius 3 is 2.15 bits per heavy atom. The first-order valence-corrected chi connectivity index (χ1v) is 15.8. The molecule has 0 radical (unpaired) electrons. The molecule has 0 saturated carbocycles. The second kappa shape index (κ2) is 12.7. The van der Waals surface area contributed by atoms with E-state index in [0.29, 0.717) is 16.0 Å². The quantitative estimate of drug-likeness (QED) is 0.105. The van der Waals surface area contributed by atoms with Crippen LogP contribution in [0.4, 0.5) is 5.13 Å². The number of aromatic amines is 3. The van der Waals surface area contributed by atoms with Gasteiger partial charge in [-0.25, -0.2) is 19.9 Å². The third-order valence-corrected chi connectivity index (χ3v) is 8.07. The van der Waals surface area contributed by atoms with Crippen LogP contribution < -0.4 is 5.73 Å². The van der Waals surface area contributed by atoms with Gasteiger partial charge in [0.25, 0.3) is 0 Å². The van der Waals surface area contributed by atoms with E-state index in [0.717, 1.165) is 57.8 Å². The number of nitrogens with one attached hydrogen (secondary N) is 3. The van der Waals surface area contributed by atoms with Crippen LogP contribution in [0.15, 0.2) is 80.2 Å². The monoisotopic (exact) mass is 806 g/mol. The summed E-state index contributed by atoms with van der Waals surface area (Å²) in [5.41, 5.74) is 10.7. The van der Waals surface area contributed by atoms with E-state index in [2.05, 4.69) is 98.6 Å². The molecule has 0 amide bonds. The van der Waals surface area contributed by atoms with Crippen LogP contribution in [0.25, 0.3) is 44.4 Å². The van der Waals surface area contributed by atoms with Crippen LogP contribution in [0, 0.1) is 0 Å². The van der Waals surface area contributed by atoms with Crippen molar-refractivity contribution in [3.8, 4) is 11.3 Å². The molecule has 7 rings (SSSR count). The summed E-state index contributed by atoms with van der Waals surface area (Å²) in [6.45, 7) is 0. The van der Waals surface area contributed by atoms with Gasteiger partial charge < -0.3 is 20.7 Å². The summed E-state index contributed by atoms with van der Waals surface area (Å²) in [5.74, 6) is 0.0520. The summed E-state index contributed by atoms with van der Waals surface area (Å²) < 4.78 is 2.83. The molecule has 7 aromatic rings. The number of hydrogen-bond donors (Lipinski definition) is 4. The Labute approximate surface area is 265 Å². The lowest BCUT2D eigenvalue weighted by molar-refractivity contribution is 0.102. The first-order chi connectivity index (χ1) is 19.3. The van der Waals surface area contributed by atoms with Gasteiger partial charge >= 0.3 is 0 Å². The Kier molecular flexibility index (Phi) is 9.10. The van der Waals surface area contributed by atoms with Gasteiger partial charge in [-0.15, -0.1) is 11.3 Å². The van der Waals surface area contributed by atoms with Crippen molar-refractivity contribution in [2.45, 2.75) is 0 Å². The second-order valence-corrected chi connectivity index (χ2v) is 12.4. The molecule has 0 aliphatic carbocycles. The molecule has 40 heavy (non-hydrogen) atoms. The van der Waals surface area contributed by atoms with Crippen molar-refractivity contribution in [1.82, 2.24) is 34.9 Å². The predicted molar refractivity (Wildman–Crippen MR) is 175 cm³/mol. The van der Waals surface area contributed by atoms with E-state index in [1.165, 1.54) is 11.3 Å². The van der Waals surface area contributed by atoms with E-state index < -0.39 is 0 Å². The van der Waals surface area contributed by atoms with E-state index >= 15 is 0 Å². The average Bonchev–Trinajstić information content (AvgIpc) is 3.74. The van der Waals surface area contributed by atoms with E-state index in [1.807, 2.05) is 42.0 Å². The number of nitrogens with two attached hydrogens (primary N) is 1. The number of fused-ring (bicyclic) bond motifs is 3. The fourth-order valence-electron chi connectivity index (χ4n) is 3.79. The highest BCUT2D eigenvalue weighted by Crippen LogP contribution is 2.30. The van der Waals surface area contributed by atoms with Crippen LogP contribution in [0.1, 0.15) is 10.4 Å². The molecule has 0 aromatic carbocycles. The van der Waals surface area contributed by atoms with Crippen molar-refractivity contribution < 1.29 is 4.79 Å². The molecular weight excluding hydrogens is 792 g/mol. The number of carbonyl (C=O) groups excluding carboxylic acids is 1. The number of H-pyrrole nitrogens is 3. The van der Waals surface area contributed by atoms with Gasteiger partial charge in [0, 0.05) is 83.3 Å². The van der Waals surface area contributed by atoms with Crippen LogP contribution in [0.3, 0.4) is 0 Å². The number of pyridine rings is 3. The molecule has 0 unspecified atom stereocenters. The SMILES string of the molecule is Brc1cnc2[nH]ccc2c1.Nc1nc(-c2c[nH]c3ncc(Br)cc23)cs1.O=C(CBr)c1c[nH]c2ncc(Br)cc12. The Bertz CT molecular complexity index is 1940. The molecule has 0 aliphatic rings. The maximum absolute atomic E-state index is 11.5. The van der Waals surface area contributed by atoms with Crippen LogP contribution in [-0.4, -0.2) is 46.0 Å². The van der Waals surface area contributed by atoms with Crippen molar-refractivity contribution in [1.29, 1.82) is 0 Å². The molecule has 0 spiro atoms. The normalized spacial score (nSPS) is 10.8. The van der Waals surface area contributed by atoms with Crippen molar-refractivity contribution in [3.63, 3.8) is 0 Å². The zero-order valence-corrected chi connectivity index (χ0v) is 27.4. The zero-order chi connectivity index (χ0) is 28.2. The first kappa shape index (κ1) is 28.6. The molecule has 9 nitrogen and oxygen atoms in total. The number of hydrogen-bond acceptors (Lipinski definition) is 7. The third kappa shape index (κ3) is 6.52. The Morgan fingerprint density at radius 1 is 0.850 bits per heavy atom. The lowest BCUT2D eigenvalue weighted by atomic mass is 10.2. The second-order valence-electron chi connectivity index (χ2n) is 8.20. The summed E-state index contributed by atoms with van der Waals surface area (Å²) in [7, 11) is 0. The fraction of sp³-hybridized carbons (Fsp3) is 0.0385. The van der Waals surface area contributed by atoms with Crippen LogP contribution in [0.5, 0.6) is 0 Å². The largest absolute Gasteiger partial charge is 0.375 e. The lowest BCUT2D eigenvalue weighted by Crippen LogP contribution is -1.97. The number of carbonyl (C=O) groups is 1. The first-order valence-electron chi connectivity index (χ1n) is 11.5. The molecule has 14 heteroatoms. The van der Waals surface area contributed by atoms with Gasteiger partial charge in [0.2, 0.25) is 0 Å². The molecule has 0 aliphatic heterocycles. The number of rotatable bonds is 3. The zero-order valence-electron chi connectivity index (χ0n) is 20.3. The standard InChI is InChI=1S/C10H7BrN4S.C9H6Br2N2O.C7H5BrN2/c11-5-1-6-7(3-14-9(6)13-2-5)8-4-16-10(12)15-8;10-2-8(14)7-4-13-9-6(7)1-5(11)3-12-9;8-6-3-5-1-2-9-7(5)10-4-6/h1-4H,(H2,12,15)(H,13,14);1,3-4H,2H2,(H,12,13);1-4H,(H,9,10). The predicted octanol–water partition coefficient (Wildman–Crippen LogP) is 8.26. The van der Waals surface area contributed by atoms with Crippen molar-refractivity contribution in [2.75, 3.05) is 11.1 Å². The Balaban J connectivity index is 0.000000124. The van der Waals surface area contributed by atoms with Crippen molar-refractivity contribution in [2.24, 2.45) is 0 Å². The highest BCUT2D eigenvalue weighted by Gasteiger charge is 2.12. The smallest absolute Gasteiger partial charge is 0.180 e. The van der Waals surface area contributed by atoms with Crippen molar-refractivity contribution in [3.05, 3.63) is 85.8 Å². The minimum Gasteiger partial charge on any atom is -0.375 e. The summed E-state index contributed by atoms with van der Waals surface area (Å²) in [4.78, 5) is 37.4. The minimum atomic E-state index is 0.0520. The number of ketones is 1. The molecule has 0 atom stereocenters. The lowest BCUT2D eigenvalue weighted by Gasteiger charge is -1.94. The number of alkyl halides is 1. The maximum Gasteiger partial charge on any atom is 0.180 e. The van der Waals surface area contributed by atoms with Gasteiger partial charge in [-0.3, -0.25) is 4.79 Å². The molecular formula is C26H18Br4N8OS. The Morgan fingerprint density at radius 2 is 1.48 bits per heavy atom. The van der Waals surface area contributed by atoms with Gasteiger partial charge in [-0.05, 0) is 72.1 Å². The van der Waals surface area contributed by atoms with E-state index in [1.54, 1.807) is 24.8 Å². The van der Waals surface area contributed by atoms with E-state index in [9.17, 15) is 4.79 Å². The number of nitrogens with zero attached hydrogens (tertiary/aromatic N) is 4. The summed E-state index contributed by atoms with van der Waals surface area (Å²) in [5, 5.41) is 5.87. The molecule has 0 saturated heterocycles. The van der Waals surface area contributed by atoms with Gasteiger partial charge in [0.1, 0.15) is 16.9 Å².